The van der Waals surface area contributed by atoms with Gasteiger partial charge in [-0.3, -0.25) is 4.79 Å². The summed E-state index contributed by atoms with van der Waals surface area (Å²) in [7, 11) is -3.85. The molecule has 130 valence electrons. The maximum Gasteiger partial charge on any atom is 0.417 e. The molecule has 0 bridgehead atoms. The normalized spacial score (nSPS) is 12.2. The van der Waals surface area contributed by atoms with Gasteiger partial charge in [-0.1, -0.05) is 15.9 Å². The Bertz CT molecular complexity index is 879. The van der Waals surface area contributed by atoms with Crippen molar-refractivity contribution in [1.82, 2.24) is 0 Å². The van der Waals surface area contributed by atoms with E-state index in [1.807, 2.05) is 0 Å². The minimum Gasteiger partial charge on any atom is -0.326 e. The molecule has 2 rings (SSSR count). The SMILES string of the molecule is NS(=O)(=O)c1ccc(CC(=O)Nc2ccc(Br)c(C(F)(F)F)c2)s1. The van der Waals surface area contributed by atoms with Crippen molar-refractivity contribution in [2.24, 2.45) is 5.14 Å². The highest BCUT2D eigenvalue weighted by molar-refractivity contribution is 9.10. The minimum absolute atomic E-state index is 0.0150. The third-order valence-corrected chi connectivity index (χ3v) is 6.02. The molecular weight excluding hydrogens is 433 g/mol. The number of rotatable bonds is 4. The maximum absolute atomic E-state index is 12.8. The van der Waals surface area contributed by atoms with Crippen molar-refractivity contribution in [2.45, 2.75) is 16.8 Å². The molecule has 1 amide bonds. The summed E-state index contributed by atoms with van der Waals surface area (Å²) in [5.41, 5.74) is -0.924. The van der Waals surface area contributed by atoms with Crippen LogP contribution in [0.15, 0.2) is 39.0 Å². The van der Waals surface area contributed by atoms with Crippen molar-refractivity contribution in [3.8, 4) is 0 Å². The lowest BCUT2D eigenvalue weighted by Gasteiger charge is -2.11. The van der Waals surface area contributed by atoms with Crippen molar-refractivity contribution in [3.05, 3.63) is 45.2 Å². The number of thiophene rings is 1. The summed E-state index contributed by atoms with van der Waals surface area (Å²) in [6.45, 7) is 0. The first-order valence-corrected chi connectivity index (χ1v) is 9.40. The van der Waals surface area contributed by atoms with Crippen LogP contribution in [-0.2, 0) is 27.4 Å². The molecule has 0 spiro atoms. The number of hydrogen-bond donors (Lipinski definition) is 2. The zero-order chi connectivity index (χ0) is 18.1. The van der Waals surface area contributed by atoms with Crippen LogP contribution in [0.2, 0.25) is 0 Å². The van der Waals surface area contributed by atoms with E-state index < -0.39 is 27.7 Å². The molecular formula is C13H10BrF3N2O3S2. The monoisotopic (exact) mass is 442 g/mol. The molecule has 0 unspecified atom stereocenters. The summed E-state index contributed by atoms with van der Waals surface area (Å²) in [5.74, 6) is -0.576. The second-order valence-corrected chi connectivity index (χ2v) is 8.49. The number of nitrogens with two attached hydrogens (primary N) is 1. The average Bonchev–Trinajstić information content (AvgIpc) is 2.88. The molecule has 0 saturated heterocycles. The van der Waals surface area contributed by atoms with E-state index >= 15 is 0 Å². The summed E-state index contributed by atoms with van der Waals surface area (Å²) in [6, 6.07) is 6.01. The van der Waals surface area contributed by atoms with E-state index in [9.17, 15) is 26.4 Å². The molecule has 1 heterocycles. The fourth-order valence-electron chi connectivity index (χ4n) is 1.79. The molecule has 0 saturated carbocycles. The van der Waals surface area contributed by atoms with Crippen LogP contribution in [0, 0.1) is 0 Å². The molecule has 0 aliphatic heterocycles. The molecule has 11 heteroatoms. The van der Waals surface area contributed by atoms with E-state index in [-0.39, 0.29) is 20.8 Å². The van der Waals surface area contributed by atoms with Gasteiger partial charge in [0.05, 0.1) is 12.0 Å². The quantitative estimate of drug-likeness (QED) is 0.760. The van der Waals surface area contributed by atoms with Crippen LogP contribution in [0.5, 0.6) is 0 Å². The third kappa shape index (κ3) is 4.79. The Labute approximate surface area is 147 Å². The lowest BCUT2D eigenvalue weighted by Crippen LogP contribution is -2.15. The highest BCUT2D eigenvalue weighted by atomic mass is 79.9. The molecule has 1 aromatic carbocycles. The Balaban J connectivity index is 2.12. The zero-order valence-electron chi connectivity index (χ0n) is 11.7. The van der Waals surface area contributed by atoms with Gasteiger partial charge in [-0.25, -0.2) is 13.6 Å². The second-order valence-electron chi connectivity index (χ2n) is 4.68. The first-order valence-electron chi connectivity index (χ1n) is 6.25. The number of benzene rings is 1. The van der Waals surface area contributed by atoms with Crippen molar-refractivity contribution in [3.63, 3.8) is 0 Å². The molecule has 0 radical (unpaired) electrons. The van der Waals surface area contributed by atoms with E-state index in [0.29, 0.717) is 4.88 Å². The van der Waals surface area contributed by atoms with Crippen LogP contribution >= 0.6 is 27.3 Å². The van der Waals surface area contributed by atoms with Crippen LogP contribution < -0.4 is 10.5 Å². The van der Waals surface area contributed by atoms with Gasteiger partial charge in [0.25, 0.3) is 0 Å². The zero-order valence-corrected chi connectivity index (χ0v) is 14.9. The number of amides is 1. The predicted molar refractivity (Wildman–Crippen MR) is 87.2 cm³/mol. The predicted octanol–water partition coefficient (Wildman–Crippen LogP) is 3.36. The fourth-order valence-corrected chi connectivity index (χ4v) is 4.04. The highest BCUT2D eigenvalue weighted by Gasteiger charge is 2.33. The molecule has 3 N–H and O–H groups in total. The Morgan fingerprint density at radius 2 is 1.92 bits per heavy atom. The Kier molecular flexibility index (Phi) is 5.37. The summed E-state index contributed by atoms with van der Waals surface area (Å²) < 4.78 is 60.6. The molecule has 0 aliphatic carbocycles. The molecule has 24 heavy (non-hydrogen) atoms. The van der Waals surface area contributed by atoms with Crippen LogP contribution in [0.4, 0.5) is 18.9 Å². The van der Waals surface area contributed by atoms with Crippen molar-refractivity contribution in [2.75, 3.05) is 5.32 Å². The summed E-state index contributed by atoms with van der Waals surface area (Å²) in [6.07, 6.45) is -4.74. The highest BCUT2D eigenvalue weighted by Crippen LogP contribution is 2.36. The van der Waals surface area contributed by atoms with Crippen LogP contribution in [-0.4, -0.2) is 14.3 Å². The van der Waals surface area contributed by atoms with Gasteiger partial charge in [0.1, 0.15) is 4.21 Å². The molecule has 0 aliphatic rings. The topological polar surface area (TPSA) is 89.3 Å². The second kappa shape index (κ2) is 6.82. The number of carbonyl (C=O) groups is 1. The van der Waals surface area contributed by atoms with Gasteiger partial charge in [-0.2, -0.15) is 13.2 Å². The number of carbonyl (C=O) groups excluding carboxylic acids is 1. The lowest BCUT2D eigenvalue weighted by atomic mass is 10.2. The Hall–Kier alpha value is -1.43. The van der Waals surface area contributed by atoms with Gasteiger partial charge in [0.15, 0.2) is 0 Å². The van der Waals surface area contributed by atoms with Crippen LogP contribution in [0.25, 0.3) is 0 Å². The van der Waals surface area contributed by atoms with Crippen molar-refractivity contribution < 1.29 is 26.4 Å². The van der Waals surface area contributed by atoms with E-state index in [4.69, 9.17) is 5.14 Å². The Morgan fingerprint density at radius 3 is 2.46 bits per heavy atom. The molecule has 2 aromatic rings. The van der Waals surface area contributed by atoms with Crippen LogP contribution in [0.1, 0.15) is 10.4 Å². The number of nitrogens with one attached hydrogen (secondary N) is 1. The number of hydrogen-bond acceptors (Lipinski definition) is 4. The van der Waals surface area contributed by atoms with Gasteiger partial charge in [0.2, 0.25) is 15.9 Å². The van der Waals surface area contributed by atoms with Crippen molar-refractivity contribution >= 4 is 48.9 Å². The standard InChI is InChI=1S/C13H10BrF3N2O3S2/c14-10-3-1-7(5-9(10)13(15,16)17)19-11(20)6-8-2-4-12(23-8)24(18,21)22/h1-5H,6H2,(H,19,20)(H2,18,21,22). The summed E-state index contributed by atoms with van der Waals surface area (Å²) >= 11 is 3.64. The molecule has 0 fully saturated rings. The van der Waals surface area contributed by atoms with Gasteiger partial charge in [-0.05, 0) is 30.3 Å². The van der Waals surface area contributed by atoms with E-state index in [1.54, 1.807) is 0 Å². The number of anilines is 1. The number of alkyl halides is 3. The summed E-state index contributed by atoms with van der Waals surface area (Å²) in [4.78, 5) is 12.3. The molecule has 5 nitrogen and oxygen atoms in total. The lowest BCUT2D eigenvalue weighted by molar-refractivity contribution is -0.138. The number of primary sulfonamides is 1. The minimum atomic E-state index is -4.56. The first kappa shape index (κ1) is 18.9. The van der Waals surface area contributed by atoms with Crippen molar-refractivity contribution in [1.29, 1.82) is 0 Å². The molecule has 0 atom stereocenters. The molecule has 1 aromatic heterocycles. The van der Waals surface area contributed by atoms with Gasteiger partial charge >= 0.3 is 6.18 Å². The fraction of sp³-hybridized carbons (Fsp3) is 0.154. The number of halogens is 4. The third-order valence-electron chi connectivity index (χ3n) is 2.81. The summed E-state index contributed by atoms with van der Waals surface area (Å²) in [5, 5.41) is 7.31. The Morgan fingerprint density at radius 1 is 1.25 bits per heavy atom. The first-order chi connectivity index (χ1) is 11.0. The van der Waals surface area contributed by atoms with E-state index in [1.165, 1.54) is 24.3 Å². The maximum atomic E-state index is 12.8. The largest absolute Gasteiger partial charge is 0.417 e. The number of sulfonamides is 1. The smallest absolute Gasteiger partial charge is 0.326 e. The average molecular weight is 443 g/mol. The van der Waals surface area contributed by atoms with E-state index in [2.05, 4.69) is 21.2 Å². The van der Waals surface area contributed by atoms with Gasteiger partial charge in [-0.15, -0.1) is 11.3 Å². The van der Waals surface area contributed by atoms with Gasteiger partial charge < -0.3 is 5.32 Å². The van der Waals surface area contributed by atoms with E-state index in [0.717, 1.165) is 17.4 Å². The van der Waals surface area contributed by atoms with Crippen LogP contribution in [0.3, 0.4) is 0 Å². The van der Waals surface area contributed by atoms with Gasteiger partial charge in [0, 0.05) is 15.0 Å².